The van der Waals surface area contributed by atoms with Crippen molar-refractivity contribution in [1.82, 2.24) is 15.2 Å². The summed E-state index contributed by atoms with van der Waals surface area (Å²) in [5.74, 6) is -1.05. The average Bonchev–Trinajstić information content (AvgIpc) is 3.15. The second-order valence-electron chi connectivity index (χ2n) is 5.79. The van der Waals surface area contributed by atoms with Crippen LogP contribution in [0.1, 0.15) is 36.4 Å². The second-order valence-corrected chi connectivity index (χ2v) is 6.78. The molecule has 0 aliphatic carbocycles. The van der Waals surface area contributed by atoms with Crippen LogP contribution < -0.4 is 4.90 Å². The zero-order chi connectivity index (χ0) is 15.7. The fraction of sp³-hybridized carbons (Fsp3) is 0.467. The molecule has 0 saturated carbocycles. The third kappa shape index (κ3) is 2.81. The van der Waals surface area contributed by atoms with Gasteiger partial charge in [0.15, 0.2) is 0 Å². The molecule has 0 unspecified atom stereocenters. The molecule has 1 aliphatic heterocycles. The van der Waals surface area contributed by atoms with Crippen LogP contribution in [0.25, 0.3) is 0 Å². The number of anilines is 1. The van der Waals surface area contributed by atoms with Crippen LogP contribution in [0.5, 0.6) is 0 Å². The lowest BCUT2D eigenvalue weighted by Crippen LogP contribution is -2.23. The van der Waals surface area contributed by atoms with E-state index in [9.17, 15) is 9.90 Å². The number of rotatable bonds is 4. The molecule has 0 radical (unpaired) electrons. The van der Waals surface area contributed by atoms with E-state index in [2.05, 4.69) is 29.0 Å². The summed E-state index contributed by atoms with van der Waals surface area (Å²) >= 11 is 1.54. The van der Waals surface area contributed by atoms with Crippen LogP contribution in [0.2, 0.25) is 0 Å². The number of pyridine rings is 1. The first-order valence-corrected chi connectivity index (χ1v) is 8.10. The van der Waals surface area contributed by atoms with E-state index in [4.69, 9.17) is 0 Å². The van der Waals surface area contributed by atoms with Crippen molar-refractivity contribution in [1.29, 1.82) is 0 Å². The van der Waals surface area contributed by atoms with Crippen molar-refractivity contribution in [3.63, 3.8) is 0 Å². The third-order valence-electron chi connectivity index (χ3n) is 3.90. The Balaban J connectivity index is 1.85. The van der Waals surface area contributed by atoms with Crippen LogP contribution >= 0.6 is 11.3 Å². The summed E-state index contributed by atoms with van der Waals surface area (Å²) < 4.78 is 0. The van der Waals surface area contributed by atoms with Gasteiger partial charge in [0.25, 0.3) is 0 Å². The average molecular weight is 318 g/mol. The Morgan fingerprint density at radius 3 is 2.77 bits per heavy atom. The molecule has 7 heteroatoms. The first-order chi connectivity index (χ1) is 10.6. The molecule has 0 spiro atoms. The Kier molecular flexibility index (Phi) is 4.06. The van der Waals surface area contributed by atoms with Crippen molar-refractivity contribution in [2.75, 3.05) is 18.0 Å². The second kappa shape index (κ2) is 6.00. The molecular weight excluding hydrogens is 300 g/mol. The molecular formula is C15H18N4O2S. The van der Waals surface area contributed by atoms with Gasteiger partial charge in [-0.15, -0.1) is 10.2 Å². The van der Waals surface area contributed by atoms with E-state index in [0.29, 0.717) is 19.0 Å². The lowest BCUT2D eigenvalue weighted by molar-refractivity contribution is -0.141. The van der Waals surface area contributed by atoms with E-state index in [1.807, 2.05) is 23.1 Å². The number of carboxylic acid groups (broad SMARTS) is 1. The van der Waals surface area contributed by atoms with Gasteiger partial charge < -0.3 is 10.0 Å². The first kappa shape index (κ1) is 14.9. The van der Waals surface area contributed by atoms with E-state index >= 15 is 0 Å². The highest BCUT2D eigenvalue weighted by atomic mass is 32.1. The smallest absolute Gasteiger partial charge is 0.309 e. The first-order valence-electron chi connectivity index (χ1n) is 7.28. The van der Waals surface area contributed by atoms with Gasteiger partial charge in [0.2, 0.25) is 5.13 Å². The van der Waals surface area contributed by atoms with Crippen LogP contribution in [0, 0.1) is 5.92 Å². The van der Waals surface area contributed by atoms with E-state index in [1.54, 1.807) is 6.20 Å². The van der Waals surface area contributed by atoms with Gasteiger partial charge in [0, 0.05) is 36.8 Å². The van der Waals surface area contributed by atoms with Gasteiger partial charge in [0.1, 0.15) is 5.01 Å². The third-order valence-corrected chi connectivity index (χ3v) is 5.18. The molecule has 0 amide bonds. The summed E-state index contributed by atoms with van der Waals surface area (Å²) in [6, 6.07) is 5.63. The molecule has 1 saturated heterocycles. The van der Waals surface area contributed by atoms with Gasteiger partial charge >= 0.3 is 5.97 Å². The molecule has 2 atom stereocenters. The Morgan fingerprint density at radius 1 is 1.36 bits per heavy atom. The Bertz CT molecular complexity index is 659. The van der Waals surface area contributed by atoms with Gasteiger partial charge in [-0.25, -0.2) is 0 Å². The van der Waals surface area contributed by atoms with Crippen molar-refractivity contribution < 1.29 is 9.90 Å². The van der Waals surface area contributed by atoms with E-state index in [1.165, 1.54) is 11.3 Å². The minimum Gasteiger partial charge on any atom is -0.481 e. The lowest BCUT2D eigenvalue weighted by Gasteiger charge is -2.13. The van der Waals surface area contributed by atoms with Crippen molar-refractivity contribution in [3.8, 4) is 0 Å². The van der Waals surface area contributed by atoms with E-state index in [-0.39, 0.29) is 5.92 Å². The fourth-order valence-corrected chi connectivity index (χ4v) is 3.56. The predicted molar refractivity (Wildman–Crippen MR) is 84.3 cm³/mol. The van der Waals surface area contributed by atoms with Gasteiger partial charge in [0.05, 0.1) is 5.92 Å². The molecule has 1 N–H and O–H groups in total. The highest BCUT2D eigenvalue weighted by Gasteiger charge is 2.40. The van der Waals surface area contributed by atoms with Gasteiger partial charge in [-0.3, -0.25) is 9.78 Å². The molecule has 0 aromatic carbocycles. The molecule has 6 nitrogen and oxygen atoms in total. The van der Waals surface area contributed by atoms with Crippen LogP contribution in [0.15, 0.2) is 24.4 Å². The molecule has 2 aromatic rings. The lowest BCUT2D eigenvalue weighted by atomic mass is 9.93. The standard InChI is InChI=1S/C15H18N4O2S/c1-9(2)13-17-18-15(22-13)19-7-10(11(8-19)14(20)21)12-5-3-4-6-16-12/h3-6,9-11H,7-8H2,1-2H3,(H,20,21)/t10-,11-/m0/s1. The van der Waals surface area contributed by atoms with Crippen molar-refractivity contribution in [2.24, 2.45) is 5.92 Å². The quantitative estimate of drug-likeness (QED) is 0.932. The van der Waals surface area contributed by atoms with E-state index in [0.717, 1.165) is 15.8 Å². The zero-order valence-electron chi connectivity index (χ0n) is 12.5. The largest absolute Gasteiger partial charge is 0.481 e. The van der Waals surface area contributed by atoms with Gasteiger partial charge in [-0.05, 0) is 12.1 Å². The maximum atomic E-state index is 11.6. The highest BCUT2D eigenvalue weighted by molar-refractivity contribution is 7.15. The molecule has 1 fully saturated rings. The fourth-order valence-electron chi connectivity index (χ4n) is 2.69. The molecule has 2 aromatic heterocycles. The van der Waals surface area contributed by atoms with Crippen molar-refractivity contribution >= 4 is 22.4 Å². The number of carbonyl (C=O) groups is 1. The molecule has 116 valence electrons. The van der Waals surface area contributed by atoms with Gasteiger partial charge in [-0.2, -0.15) is 0 Å². The Labute approximate surface area is 132 Å². The molecule has 22 heavy (non-hydrogen) atoms. The van der Waals surface area contributed by atoms with Gasteiger partial charge in [-0.1, -0.05) is 31.3 Å². The summed E-state index contributed by atoms with van der Waals surface area (Å²) in [5.41, 5.74) is 0.825. The number of aromatic nitrogens is 3. The minimum absolute atomic E-state index is 0.120. The maximum absolute atomic E-state index is 11.6. The highest BCUT2D eigenvalue weighted by Crippen LogP contribution is 2.36. The summed E-state index contributed by atoms with van der Waals surface area (Å²) in [4.78, 5) is 17.9. The SMILES string of the molecule is CC(C)c1nnc(N2C[C@H](C(=O)O)[C@@H](c3ccccn3)C2)s1. The molecule has 3 rings (SSSR count). The van der Waals surface area contributed by atoms with Crippen LogP contribution in [0.4, 0.5) is 5.13 Å². The summed E-state index contributed by atoms with van der Waals surface area (Å²) in [5, 5.41) is 19.7. The maximum Gasteiger partial charge on any atom is 0.309 e. The van der Waals surface area contributed by atoms with Crippen molar-refractivity contribution in [3.05, 3.63) is 35.1 Å². The van der Waals surface area contributed by atoms with Crippen LogP contribution in [0.3, 0.4) is 0 Å². The molecule has 0 bridgehead atoms. The van der Waals surface area contributed by atoms with Crippen LogP contribution in [-0.2, 0) is 4.79 Å². The monoisotopic (exact) mass is 318 g/mol. The number of nitrogens with zero attached hydrogens (tertiary/aromatic N) is 4. The Hall–Kier alpha value is -2.02. The minimum atomic E-state index is -0.785. The summed E-state index contributed by atoms with van der Waals surface area (Å²) in [6.07, 6.45) is 1.71. The zero-order valence-corrected chi connectivity index (χ0v) is 13.3. The normalized spacial score (nSPS) is 21.5. The van der Waals surface area contributed by atoms with E-state index < -0.39 is 11.9 Å². The Morgan fingerprint density at radius 2 is 2.18 bits per heavy atom. The number of aliphatic carboxylic acids is 1. The van der Waals surface area contributed by atoms with Crippen LogP contribution in [-0.4, -0.2) is 39.3 Å². The summed E-state index contributed by atoms with van der Waals surface area (Å²) in [7, 11) is 0. The number of carboxylic acids is 1. The number of hydrogen-bond acceptors (Lipinski definition) is 6. The number of hydrogen-bond donors (Lipinski definition) is 1. The summed E-state index contributed by atoms with van der Waals surface area (Å²) in [6.45, 7) is 5.21. The van der Waals surface area contributed by atoms with Crippen molar-refractivity contribution in [2.45, 2.75) is 25.7 Å². The molecule has 3 heterocycles. The topological polar surface area (TPSA) is 79.2 Å². The molecule has 1 aliphatic rings. The predicted octanol–water partition coefficient (Wildman–Crippen LogP) is 2.36.